The van der Waals surface area contributed by atoms with Crippen molar-refractivity contribution in [3.05, 3.63) is 29.6 Å². The summed E-state index contributed by atoms with van der Waals surface area (Å²) in [6.45, 7) is -0.522. The molecule has 1 aromatic carbocycles. The summed E-state index contributed by atoms with van der Waals surface area (Å²) < 4.78 is 117. The van der Waals surface area contributed by atoms with Crippen molar-refractivity contribution in [2.75, 3.05) is 11.9 Å². The summed E-state index contributed by atoms with van der Waals surface area (Å²) in [4.78, 5) is 11.0. The molecule has 0 aromatic heterocycles. The number of nitrogens with zero attached hydrogens (tertiary/aromatic N) is 1. The average Bonchev–Trinajstić information content (AvgIpc) is 2.40. The lowest BCUT2D eigenvalue weighted by Crippen LogP contribution is -2.60. The Morgan fingerprint density at radius 1 is 0.957 bits per heavy atom. The van der Waals surface area contributed by atoms with Gasteiger partial charge in [0.1, 0.15) is 0 Å². The monoisotopic (exact) mass is 353 g/mol. The van der Waals surface area contributed by atoms with Crippen molar-refractivity contribution in [1.29, 1.82) is 0 Å². The van der Waals surface area contributed by atoms with Gasteiger partial charge in [0.05, 0.1) is 0 Å². The number of carbonyl (C=O) groups is 1. The van der Waals surface area contributed by atoms with E-state index in [0.717, 1.165) is 0 Å². The molecule has 0 heterocycles. The average molecular weight is 353 g/mol. The molecule has 1 rings (SSSR count). The molecule has 0 saturated heterocycles. The Morgan fingerprint density at radius 3 is 1.70 bits per heavy atom. The predicted octanol–water partition coefficient (Wildman–Crippen LogP) is 3.99. The predicted molar refractivity (Wildman–Crippen MR) is 60.2 cm³/mol. The van der Waals surface area contributed by atoms with Gasteiger partial charge in [-0.15, -0.1) is 0 Å². The summed E-state index contributed by atoms with van der Waals surface area (Å²) in [6, 6.07) is 0.128. The van der Waals surface area contributed by atoms with Crippen LogP contribution in [0.1, 0.15) is 6.92 Å². The lowest BCUT2D eigenvalue weighted by atomic mass is 10.0. The molecule has 0 fully saturated rings. The summed E-state index contributed by atoms with van der Waals surface area (Å²) in [5.41, 5.74) is -1.07. The van der Waals surface area contributed by atoms with Crippen molar-refractivity contribution in [2.24, 2.45) is 0 Å². The van der Waals surface area contributed by atoms with Gasteiger partial charge < -0.3 is 4.90 Å². The van der Waals surface area contributed by atoms with E-state index in [-0.39, 0.29) is 17.0 Å². The molecule has 2 nitrogen and oxygen atoms in total. The first-order chi connectivity index (χ1) is 10.1. The first-order valence-corrected chi connectivity index (χ1v) is 5.70. The van der Waals surface area contributed by atoms with Crippen molar-refractivity contribution in [3.63, 3.8) is 0 Å². The summed E-state index contributed by atoms with van der Waals surface area (Å²) >= 11 is 0. The number of halogens is 9. The number of anilines is 1. The van der Waals surface area contributed by atoms with Crippen LogP contribution >= 0.6 is 0 Å². The Labute approximate surface area is 123 Å². The Kier molecular flexibility index (Phi) is 4.66. The number of hydrogen-bond donors (Lipinski definition) is 0. The van der Waals surface area contributed by atoms with E-state index in [9.17, 15) is 44.3 Å². The molecule has 130 valence electrons. The van der Waals surface area contributed by atoms with Crippen LogP contribution in [0.5, 0.6) is 0 Å². The van der Waals surface area contributed by atoms with E-state index in [2.05, 4.69) is 0 Å². The van der Waals surface area contributed by atoms with Crippen LogP contribution in [0.15, 0.2) is 12.1 Å². The molecule has 1 aromatic rings. The van der Waals surface area contributed by atoms with Gasteiger partial charge in [0.15, 0.2) is 17.5 Å². The van der Waals surface area contributed by atoms with Crippen LogP contribution in [0.2, 0.25) is 0 Å². The number of amides is 1. The summed E-state index contributed by atoms with van der Waals surface area (Å²) in [6.07, 6.45) is 0. The van der Waals surface area contributed by atoms with E-state index in [4.69, 9.17) is 0 Å². The van der Waals surface area contributed by atoms with Gasteiger partial charge in [-0.1, -0.05) is 0 Å². The molecule has 0 aliphatic carbocycles. The third-order valence-electron chi connectivity index (χ3n) is 2.87. The summed E-state index contributed by atoms with van der Waals surface area (Å²) in [5.74, 6) is -25.8. The molecule has 23 heavy (non-hydrogen) atoms. The Balaban J connectivity index is 3.28. The standard InChI is InChI=1S/C12H8F9NO/c1-10(16,17)12(20,21)11(18,19)9(23)22(2)5-3-6(13)8(15)7(14)4-5/h3-4H,1-2H3. The fraction of sp³-hybridized carbons (Fsp3) is 0.417. The van der Waals surface area contributed by atoms with Crippen LogP contribution in [0.25, 0.3) is 0 Å². The van der Waals surface area contributed by atoms with Gasteiger partial charge in [0.25, 0.3) is 0 Å². The molecule has 0 saturated carbocycles. The Morgan fingerprint density at radius 2 is 1.35 bits per heavy atom. The van der Waals surface area contributed by atoms with Gasteiger partial charge in [0, 0.05) is 31.8 Å². The molecule has 0 N–H and O–H groups in total. The molecule has 11 heteroatoms. The number of carbonyl (C=O) groups excluding carboxylic acids is 1. The highest BCUT2D eigenvalue weighted by molar-refractivity contribution is 5.98. The van der Waals surface area contributed by atoms with Crippen molar-refractivity contribution in [2.45, 2.75) is 24.7 Å². The van der Waals surface area contributed by atoms with E-state index in [1.165, 1.54) is 0 Å². The lowest BCUT2D eigenvalue weighted by Gasteiger charge is -2.32. The van der Waals surface area contributed by atoms with Gasteiger partial charge in [0.2, 0.25) is 0 Å². The quantitative estimate of drug-likeness (QED) is 0.592. The van der Waals surface area contributed by atoms with Crippen LogP contribution in [0.3, 0.4) is 0 Å². The Bertz CT molecular complexity index is 600. The molecular formula is C12H8F9NO. The number of alkyl halides is 6. The second-order valence-corrected chi connectivity index (χ2v) is 4.62. The fourth-order valence-electron chi connectivity index (χ4n) is 1.47. The Hall–Kier alpha value is -1.94. The van der Waals surface area contributed by atoms with Crippen molar-refractivity contribution >= 4 is 11.6 Å². The van der Waals surface area contributed by atoms with Crippen LogP contribution in [0, 0.1) is 17.5 Å². The lowest BCUT2D eigenvalue weighted by molar-refractivity contribution is -0.290. The molecule has 0 unspecified atom stereocenters. The largest absolute Gasteiger partial charge is 0.393 e. The maximum Gasteiger partial charge on any atom is 0.393 e. The molecule has 1 amide bonds. The minimum Gasteiger partial charge on any atom is -0.310 e. The van der Waals surface area contributed by atoms with Crippen LogP contribution in [-0.2, 0) is 4.79 Å². The van der Waals surface area contributed by atoms with Crippen LogP contribution in [-0.4, -0.2) is 30.7 Å². The maximum atomic E-state index is 13.4. The summed E-state index contributed by atoms with van der Waals surface area (Å²) in [7, 11) is 0.381. The zero-order chi connectivity index (χ0) is 18.4. The van der Waals surface area contributed by atoms with Crippen molar-refractivity contribution in [1.82, 2.24) is 0 Å². The molecule has 0 aliphatic rings. The van der Waals surface area contributed by atoms with E-state index in [1.807, 2.05) is 0 Å². The second-order valence-electron chi connectivity index (χ2n) is 4.62. The number of benzene rings is 1. The SMILES string of the molecule is CN(C(=O)C(F)(F)C(F)(F)C(C)(F)F)c1cc(F)c(F)c(F)c1. The van der Waals surface area contributed by atoms with E-state index in [0.29, 0.717) is 7.05 Å². The number of rotatable bonds is 4. The van der Waals surface area contributed by atoms with Gasteiger partial charge in [-0.2, -0.15) is 26.3 Å². The van der Waals surface area contributed by atoms with Crippen LogP contribution < -0.4 is 4.90 Å². The first kappa shape index (κ1) is 19.1. The second kappa shape index (κ2) is 5.60. The zero-order valence-corrected chi connectivity index (χ0v) is 11.4. The van der Waals surface area contributed by atoms with Gasteiger partial charge in [-0.25, -0.2) is 13.2 Å². The molecule has 0 radical (unpaired) electrons. The van der Waals surface area contributed by atoms with Gasteiger partial charge >= 0.3 is 23.7 Å². The summed E-state index contributed by atoms with van der Waals surface area (Å²) in [5, 5.41) is 0. The van der Waals surface area contributed by atoms with Crippen LogP contribution in [0.4, 0.5) is 45.2 Å². The van der Waals surface area contributed by atoms with Crippen molar-refractivity contribution in [3.8, 4) is 0 Å². The molecular weight excluding hydrogens is 345 g/mol. The van der Waals surface area contributed by atoms with Gasteiger partial charge in [-0.05, 0) is 0 Å². The topological polar surface area (TPSA) is 20.3 Å². The minimum absolute atomic E-state index is 0.0641. The highest BCUT2D eigenvalue weighted by atomic mass is 19.3. The highest BCUT2D eigenvalue weighted by Crippen LogP contribution is 2.46. The third-order valence-corrected chi connectivity index (χ3v) is 2.87. The molecule has 0 atom stereocenters. The maximum absolute atomic E-state index is 13.4. The minimum atomic E-state index is -6.07. The molecule has 0 aliphatic heterocycles. The fourth-order valence-corrected chi connectivity index (χ4v) is 1.47. The number of hydrogen-bond acceptors (Lipinski definition) is 1. The van der Waals surface area contributed by atoms with Gasteiger partial charge in [-0.3, -0.25) is 4.79 Å². The van der Waals surface area contributed by atoms with E-state index >= 15 is 0 Å². The molecule has 0 spiro atoms. The first-order valence-electron chi connectivity index (χ1n) is 5.70. The smallest absolute Gasteiger partial charge is 0.310 e. The van der Waals surface area contributed by atoms with E-state index in [1.54, 1.807) is 0 Å². The highest BCUT2D eigenvalue weighted by Gasteiger charge is 2.73. The van der Waals surface area contributed by atoms with E-state index < -0.39 is 53.7 Å². The molecule has 0 bridgehead atoms. The third kappa shape index (κ3) is 3.08. The van der Waals surface area contributed by atoms with Crippen molar-refractivity contribution < 1.29 is 44.3 Å². The zero-order valence-electron chi connectivity index (χ0n) is 11.4. The normalized spacial score (nSPS) is 13.2.